The van der Waals surface area contributed by atoms with E-state index in [1.165, 1.54) is 5.69 Å². The molecule has 3 aromatic rings. The first-order chi connectivity index (χ1) is 15.2. The highest BCUT2D eigenvalue weighted by Crippen LogP contribution is 2.23. The smallest absolute Gasteiger partial charge is 0.223 e. The SMILES string of the molecule is N#Cc1ccc(Cc2ncc(CCNC(=O)C3CCN(c4ccccc4)CC3)[nH]2)cc1. The molecule has 6 nitrogen and oxygen atoms in total. The van der Waals surface area contributed by atoms with E-state index in [1.54, 1.807) is 0 Å². The van der Waals surface area contributed by atoms with Crippen molar-refractivity contribution in [3.05, 3.63) is 83.4 Å². The number of amides is 1. The quantitative estimate of drug-likeness (QED) is 0.621. The lowest BCUT2D eigenvalue weighted by molar-refractivity contribution is -0.125. The number of nitrogens with zero attached hydrogens (tertiary/aromatic N) is 3. The van der Waals surface area contributed by atoms with E-state index in [1.807, 2.05) is 36.5 Å². The molecule has 4 rings (SSSR count). The number of imidazole rings is 1. The lowest BCUT2D eigenvalue weighted by Crippen LogP contribution is -2.41. The van der Waals surface area contributed by atoms with Crippen molar-refractivity contribution < 1.29 is 4.79 Å². The molecule has 0 spiro atoms. The number of benzene rings is 2. The summed E-state index contributed by atoms with van der Waals surface area (Å²) in [4.78, 5) is 22.7. The molecular weight excluding hydrogens is 386 g/mol. The van der Waals surface area contributed by atoms with Crippen molar-refractivity contribution in [2.45, 2.75) is 25.7 Å². The molecule has 0 unspecified atom stereocenters. The largest absolute Gasteiger partial charge is 0.371 e. The summed E-state index contributed by atoms with van der Waals surface area (Å²) >= 11 is 0. The van der Waals surface area contributed by atoms with E-state index in [4.69, 9.17) is 5.26 Å². The lowest BCUT2D eigenvalue weighted by atomic mass is 9.95. The van der Waals surface area contributed by atoms with Crippen LogP contribution < -0.4 is 10.2 Å². The van der Waals surface area contributed by atoms with Gasteiger partial charge in [0.2, 0.25) is 5.91 Å². The average Bonchev–Trinajstić information content (AvgIpc) is 3.27. The third-order valence-electron chi connectivity index (χ3n) is 5.82. The molecule has 2 heterocycles. The molecule has 0 radical (unpaired) electrons. The molecule has 2 aromatic carbocycles. The number of carbonyl (C=O) groups excluding carboxylic acids is 1. The van der Waals surface area contributed by atoms with Gasteiger partial charge < -0.3 is 15.2 Å². The van der Waals surface area contributed by atoms with Gasteiger partial charge in [0.05, 0.1) is 11.6 Å². The number of para-hydroxylation sites is 1. The monoisotopic (exact) mass is 413 g/mol. The summed E-state index contributed by atoms with van der Waals surface area (Å²) in [5.41, 5.74) is 4.01. The standard InChI is InChI=1S/C25H27N5O/c26-17-20-8-6-19(7-9-20)16-24-28-18-22(29-24)10-13-27-25(31)21-11-14-30(15-12-21)23-4-2-1-3-5-23/h1-9,18,21H,10-16H2,(H,27,31)(H,28,29). The van der Waals surface area contributed by atoms with Gasteiger partial charge in [-0.3, -0.25) is 4.79 Å². The first-order valence-electron chi connectivity index (χ1n) is 10.8. The van der Waals surface area contributed by atoms with Crippen LogP contribution in [-0.4, -0.2) is 35.5 Å². The number of carbonyl (C=O) groups is 1. The number of aromatic amines is 1. The van der Waals surface area contributed by atoms with E-state index in [2.05, 4.69) is 50.5 Å². The molecule has 0 bridgehead atoms. The van der Waals surface area contributed by atoms with Gasteiger partial charge in [0.25, 0.3) is 0 Å². The van der Waals surface area contributed by atoms with Crippen LogP contribution in [-0.2, 0) is 17.6 Å². The Morgan fingerprint density at radius 1 is 1.13 bits per heavy atom. The Hall–Kier alpha value is -3.59. The van der Waals surface area contributed by atoms with Gasteiger partial charge in [-0.1, -0.05) is 30.3 Å². The molecule has 0 saturated carbocycles. The maximum absolute atomic E-state index is 12.6. The number of rotatable bonds is 7. The third-order valence-corrected chi connectivity index (χ3v) is 5.82. The highest BCUT2D eigenvalue weighted by Gasteiger charge is 2.24. The maximum atomic E-state index is 12.6. The van der Waals surface area contributed by atoms with Gasteiger partial charge in [0.1, 0.15) is 5.82 Å². The number of nitrogens with one attached hydrogen (secondary N) is 2. The predicted molar refractivity (Wildman–Crippen MR) is 121 cm³/mol. The van der Waals surface area contributed by atoms with Crippen molar-refractivity contribution in [1.82, 2.24) is 15.3 Å². The summed E-state index contributed by atoms with van der Waals surface area (Å²) in [5, 5.41) is 12.0. The van der Waals surface area contributed by atoms with Crippen LogP contribution >= 0.6 is 0 Å². The fourth-order valence-electron chi connectivity index (χ4n) is 4.02. The minimum Gasteiger partial charge on any atom is -0.371 e. The summed E-state index contributed by atoms with van der Waals surface area (Å²) < 4.78 is 0. The van der Waals surface area contributed by atoms with Crippen molar-refractivity contribution >= 4 is 11.6 Å². The van der Waals surface area contributed by atoms with Gasteiger partial charge in [-0.2, -0.15) is 5.26 Å². The molecule has 1 saturated heterocycles. The summed E-state index contributed by atoms with van der Waals surface area (Å²) in [7, 11) is 0. The van der Waals surface area contributed by atoms with Crippen LogP contribution in [0, 0.1) is 17.2 Å². The zero-order chi connectivity index (χ0) is 21.5. The van der Waals surface area contributed by atoms with Crippen molar-refractivity contribution in [2.24, 2.45) is 5.92 Å². The predicted octanol–water partition coefficient (Wildman–Crippen LogP) is 3.45. The molecule has 1 aliphatic heterocycles. The Balaban J connectivity index is 1.19. The van der Waals surface area contributed by atoms with Crippen molar-refractivity contribution in [1.29, 1.82) is 5.26 Å². The highest BCUT2D eigenvalue weighted by molar-refractivity contribution is 5.79. The number of aromatic nitrogens is 2. The average molecular weight is 414 g/mol. The Kier molecular flexibility index (Phi) is 6.63. The van der Waals surface area contributed by atoms with E-state index < -0.39 is 0 Å². The molecule has 1 aliphatic rings. The summed E-state index contributed by atoms with van der Waals surface area (Å²) in [5.74, 6) is 1.14. The van der Waals surface area contributed by atoms with Crippen LogP contribution in [0.15, 0.2) is 60.8 Å². The van der Waals surface area contributed by atoms with E-state index in [9.17, 15) is 4.79 Å². The molecule has 0 atom stereocenters. The second kappa shape index (κ2) is 9.94. The van der Waals surface area contributed by atoms with Crippen molar-refractivity contribution in [3.8, 4) is 6.07 Å². The molecule has 1 amide bonds. The Bertz CT molecular complexity index is 1030. The van der Waals surface area contributed by atoms with Gasteiger partial charge in [0, 0.05) is 56.0 Å². The van der Waals surface area contributed by atoms with E-state index >= 15 is 0 Å². The number of hydrogen-bond acceptors (Lipinski definition) is 4. The van der Waals surface area contributed by atoms with Crippen LogP contribution in [0.4, 0.5) is 5.69 Å². The van der Waals surface area contributed by atoms with Gasteiger partial charge in [-0.25, -0.2) is 4.98 Å². The Morgan fingerprint density at radius 3 is 2.58 bits per heavy atom. The molecule has 0 aliphatic carbocycles. The second-order valence-corrected chi connectivity index (χ2v) is 7.98. The second-order valence-electron chi connectivity index (χ2n) is 7.98. The van der Waals surface area contributed by atoms with Crippen molar-refractivity contribution in [3.63, 3.8) is 0 Å². The van der Waals surface area contributed by atoms with E-state index in [0.717, 1.165) is 49.4 Å². The highest BCUT2D eigenvalue weighted by atomic mass is 16.1. The number of anilines is 1. The minimum atomic E-state index is 0.0914. The van der Waals surface area contributed by atoms with Crippen LogP contribution in [0.2, 0.25) is 0 Å². The fraction of sp³-hybridized carbons (Fsp3) is 0.320. The van der Waals surface area contributed by atoms with Crippen LogP contribution in [0.1, 0.15) is 35.5 Å². The molecule has 1 fully saturated rings. The van der Waals surface area contributed by atoms with Crippen LogP contribution in [0.3, 0.4) is 0 Å². The summed E-state index contributed by atoms with van der Waals surface area (Å²) in [6.45, 7) is 2.44. The van der Waals surface area contributed by atoms with Crippen molar-refractivity contribution in [2.75, 3.05) is 24.5 Å². The molecular formula is C25H27N5O. The zero-order valence-corrected chi connectivity index (χ0v) is 17.6. The maximum Gasteiger partial charge on any atom is 0.223 e. The zero-order valence-electron chi connectivity index (χ0n) is 17.6. The topological polar surface area (TPSA) is 84.8 Å². The molecule has 6 heteroatoms. The van der Waals surface area contributed by atoms with E-state index in [-0.39, 0.29) is 11.8 Å². The van der Waals surface area contributed by atoms with Gasteiger partial charge in [-0.05, 0) is 42.7 Å². The van der Waals surface area contributed by atoms with E-state index in [0.29, 0.717) is 18.5 Å². The van der Waals surface area contributed by atoms with Gasteiger partial charge in [-0.15, -0.1) is 0 Å². The molecule has 158 valence electrons. The third kappa shape index (κ3) is 5.52. The first-order valence-corrected chi connectivity index (χ1v) is 10.8. The van der Waals surface area contributed by atoms with Gasteiger partial charge in [0.15, 0.2) is 0 Å². The number of hydrogen-bond donors (Lipinski definition) is 2. The Labute approximate surface area is 182 Å². The van der Waals surface area contributed by atoms with Crippen LogP contribution in [0.5, 0.6) is 0 Å². The number of H-pyrrole nitrogens is 1. The van der Waals surface area contributed by atoms with Crippen LogP contribution in [0.25, 0.3) is 0 Å². The van der Waals surface area contributed by atoms with Gasteiger partial charge >= 0.3 is 0 Å². The number of piperidine rings is 1. The lowest BCUT2D eigenvalue weighted by Gasteiger charge is -2.33. The first kappa shape index (κ1) is 20.7. The molecule has 31 heavy (non-hydrogen) atoms. The molecule has 2 N–H and O–H groups in total. The summed E-state index contributed by atoms with van der Waals surface area (Å²) in [6, 6.07) is 20.0. The minimum absolute atomic E-state index is 0.0914. The fourth-order valence-corrected chi connectivity index (χ4v) is 4.02. The normalized spacial score (nSPS) is 14.2. The number of nitriles is 1. The Morgan fingerprint density at radius 2 is 1.87 bits per heavy atom. The molecule has 1 aromatic heterocycles. The summed E-state index contributed by atoms with van der Waals surface area (Å²) in [6.07, 6.45) is 5.04.